The van der Waals surface area contributed by atoms with Gasteiger partial charge in [-0.1, -0.05) is 18.5 Å². The lowest BCUT2D eigenvalue weighted by atomic mass is 10.3. The maximum absolute atomic E-state index is 6.14. The third-order valence-electron chi connectivity index (χ3n) is 2.68. The molecule has 6 heteroatoms. The average molecular weight is 297 g/mol. The van der Waals surface area contributed by atoms with Gasteiger partial charge in [0.25, 0.3) is 0 Å². The fourth-order valence-electron chi connectivity index (χ4n) is 1.68. The molecule has 0 unspecified atom stereocenters. The highest BCUT2D eigenvalue weighted by Crippen LogP contribution is 2.21. The molecule has 0 spiro atoms. The maximum atomic E-state index is 6.14. The third kappa shape index (κ3) is 3.64. The van der Waals surface area contributed by atoms with Crippen LogP contribution in [0.1, 0.15) is 35.4 Å². The molecular formula is C13H17ClN4S. The minimum atomic E-state index is 0.524. The van der Waals surface area contributed by atoms with Gasteiger partial charge in [0.2, 0.25) is 0 Å². The lowest BCUT2D eigenvalue weighted by Gasteiger charge is -2.10. The molecule has 0 saturated carbocycles. The van der Waals surface area contributed by atoms with Crippen molar-refractivity contribution in [2.45, 2.75) is 40.2 Å². The van der Waals surface area contributed by atoms with E-state index in [1.807, 2.05) is 19.2 Å². The predicted octanol–water partition coefficient (Wildman–Crippen LogP) is 3.77. The molecule has 1 N–H and O–H groups in total. The average Bonchev–Trinajstić information content (AvgIpc) is 2.78. The van der Waals surface area contributed by atoms with Gasteiger partial charge in [-0.25, -0.2) is 15.0 Å². The van der Waals surface area contributed by atoms with Crippen molar-refractivity contribution in [2.24, 2.45) is 0 Å². The van der Waals surface area contributed by atoms with Crippen molar-refractivity contribution in [1.29, 1.82) is 0 Å². The van der Waals surface area contributed by atoms with Crippen molar-refractivity contribution in [3.05, 3.63) is 32.6 Å². The largest absolute Gasteiger partial charge is 0.363 e. The number of thiazole rings is 1. The summed E-state index contributed by atoms with van der Waals surface area (Å²) in [5.41, 5.74) is 1.93. The number of aromatic nitrogens is 3. The Bertz CT molecular complexity index is 568. The Labute approximate surface area is 122 Å². The van der Waals surface area contributed by atoms with Crippen LogP contribution in [0.2, 0.25) is 5.15 Å². The third-order valence-corrected chi connectivity index (χ3v) is 4.01. The number of nitrogens with zero attached hydrogens (tertiary/aromatic N) is 3. The number of aryl methyl sites for hydroxylation is 2. The molecule has 2 aromatic rings. The lowest BCUT2D eigenvalue weighted by Crippen LogP contribution is -2.07. The zero-order chi connectivity index (χ0) is 13.8. The van der Waals surface area contributed by atoms with Crippen LogP contribution < -0.4 is 5.32 Å². The van der Waals surface area contributed by atoms with Crippen LogP contribution in [0.5, 0.6) is 0 Å². The molecule has 19 heavy (non-hydrogen) atoms. The Morgan fingerprint density at radius 2 is 2.05 bits per heavy atom. The van der Waals surface area contributed by atoms with E-state index in [-0.39, 0.29) is 0 Å². The quantitative estimate of drug-likeness (QED) is 0.853. The molecule has 0 aliphatic rings. The number of hydrogen-bond acceptors (Lipinski definition) is 5. The van der Waals surface area contributed by atoms with Gasteiger partial charge >= 0.3 is 0 Å². The summed E-state index contributed by atoms with van der Waals surface area (Å²) in [4.78, 5) is 13.2. The molecule has 0 fully saturated rings. The molecule has 2 aromatic heterocycles. The standard InChI is InChI=1S/C13H17ClN4S/c1-4-5-10-17-12(14)9(3)13(18-10)15-6-11-16-8(2)7-19-11/h7H,4-6H2,1-3H3,(H,15,17,18). The van der Waals surface area contributed by atoms with Crippen LogP contribution in [-0.2, 0) is 13.0 Å². The van der Waals surface area contributed by atoms with Gasteiger partial charge in [-0.15, -0.1) is 11.3 Å². The van der Waals surface area contributed by atoms with Gasteiger partial charge in [0.05, 0.1) is 6.54 Å². The van der Waals surface area contributed by atoms with Gasteiger partial charge in [0.15, 0.2) is 0 Å². The van der Waals surface area contributed by atoms with Gasteiger partial charge in [-0.05, 0) is 20.3 Å². The van der Waals surface area contributed by atoms with Crippen LogP contribution in [0.4, 0.5) is 5.82 Å². The Morgan fingerprint density at radius 3 is 2.68 bits per heavy atom. The summed E-state index contributed by atoms with van der Waals surface area (Å²) >= 11 is 7.78. The van der Waals surface area contributed by atoms with E-state index in [0.717, 1.165) is 40.7 Å². The molecule has 0 aliphatic carbocycles. The highest BCUT2D eigenvalue weighted by atomic mass is 35.5. The van der Waals surface area contributed by atoms with Crippen molar-refractivity contribution in [3.8, 4) is 0 Å². The highest BCUT2D eigenvalue weighted by Gasteiger charge is 2.09. The number of hydrogen-bond donors (Lipinski definition) is 1. The van der Waals surface area contributed by atoms with Crippen LogP contribution in [-0.4, -0.2) is 15.0 Å². The van der Waals surface area contributed by atoms with E-state index >= 15 is 0 Å². The van der Waals surface area contributed by atoms with E-state index in [4.69, 9.17) is 11.6 Å². The monoisotopic (exact) mass is 296 g/mol. The number of rotatable bonds is 5. The van der Waals surface area contributed by atoms with Crippen LogP contribution in [0, 0.1) is 13.8 Å². The first kappa shape index (κ1) is 14.2. The molecule has 0 radical (unpaired) electrons. The van der Waals surface area contributed by atoms with Gasteiger partial charge in [-0.3, -0.25) is 0 Å². The van der Waals surface area contributed by atoms with Crippen molar-refractivity contribution in [2.75, 3.05) is 5.32 Å². The molecule has 2 heterocycles. The molecule has 0 aromatic carbocycles. The summed E-state index contributed by atoms with van der Waals surface area (Å²) in [6.45, 7) is 6.68. The second-order valence-electron chi connectivity index (χ2n) is 4.39. The number of halogens is 1. The first-order chi connectivity index (χ1) is 9.10. The van der Waals surface area contributed by atoms with Crippen molar-refractivity contribution >= 4 is 28.8 Å². The van der Waals surface area contributed by atoms with Crippen LogP contribution in [0.3, 0.4) is 0 Å². The Hall–Kier alpha value is -1.20. The molecule has 0 atom stereocenters. The van der Waals surface area contributed by atoms with E-state index in [2.05, 4.69) is 27.2 Å². The molecule has 2 rings (SSSR count). The summed E-state index contributed by atoms with van der Waals surface area (Å²) in [6.07, 6.45) is 1.84. The molecular weight excluding hydrogens is 280 g/mol. The van der Waals surface area contributed by atoms with Crippen LogP contribution in [0.25, 0.3) is 0 Å². The maximum Gasteiger partial charge on any atom is 0.137 e. The van der Waals surface area contributed by atoms with Crippen molar-refractivity contribution in [3.63, 3.8) is 0 Å². The molecule has 0 bridgehead atoms. The number of nitrogens with one attached hydrogen (secondary N) is 1. The molecule has 4 nitrogen and oxygen atoms in total. The Morgan fingerprint density at radius 1 is 1.26 bits per heavy atom. The fraction of sp³-hybridized carbons (Fsp3) is 0.462. The van der Waals surface area contributed by atoms with Crippen molar-refractivity contribution in [1.82, 2.24) is 15.0 Å². The topological polar surface area (TPSA) is 50.7 Å². The second kappa shape index (κ2) is 6.30. The molecule has 0 saturated heterocycles. The number of anilines is 1. The summed E-state index contributed by atoms with van der Waals surface area (Å²) in [7, 11) is 0. The minimum Gasteiger partial charge on any atom is -0.363 e. The van der Waals surface area contributed by atoms with Crippen molar-refractivity contribution < 1.29 is 0 Å². The van der Waals surface area contributed by atoms with Gasteiger partial charge < -0.3 is 5.32 Å². The summed E-state index contributed by atoms with van der Waals surface area (Å²) < 4.78 is 0. The van der Waals surface area contributed by atoms with Crippen LogP contribution in [0.15, 0.2) is 5.38 Å². The van der Waals surface area contributed by atoms with Gasteiger partial charge in [0, 0.05) is 23.1 Å². The van der Waals surface area contributed by atoms with E-state index in [1.54, 1.807) is 11.3 Å². The smallest absolute Gasteiger partial charge is 0.137 e. The summed E-state index contributed by atoms with van der Waals surface area (Å²) in [6, 6.07) is 0. The molecule has 102 valence electrons. The zero-order valence-electron chi connectivity index (χ0n) is 11.3. The fourth-order valence-corrected chi connectivity index (χ4v) is 2.58. The van der Waals surface area contributed by atoms with Gasteiger partial charge in [0.1, 0.15) is 21.8 Å². The minimum absolute atomic E-state index is 0.524. The second-order valence-corrected chi connectivity index (χ2v) is 5.69. The molecule has 0 aliphatic heterocycles. The van der Waals surface area contributed by atoms with E-state index in [9.17, 15) is 0 Å². The van der Waals surface area contributed by atoms with E-state index in [1.165, 1.54) is 0 Å². The van der Waals surface area contributed by atoms with E-state index in [0.29, 0.717) is 11.7 Å². The van der Waals surface area contributed by atoms with Crippen LogP contribution >= 0.6 is 22.9 Å². The lowest BCUT2D eigenvalue weighted by molar-refractivity contribution is 0.829. The Balaban J connectivity index is 2.14. The molecule has 0 amide bonds. The Kier molecular flexibility index (Phi) is 4.71. The van der Waals surface area contributed by atoms with Gasteiger partial charge in [-0.2, -0.15) is 0 Å². The first-order valence-electron chi connectivity index (χ1n) is 6.28. The SMILES string of the molecule is CCCc1nc(Cl)c(C)c(NCc2nc(C)cs2)n1. The summed E-state index contributed by atoms with van der Waals surface area (Å²) in [5, 5.41) is 6.90. The zero-order valence-corrected chi connectivity index (χ0v) is 12.9. The van der Waals surface area contributed by atoms with E-state index < -0.39 is 0 Å². The first-order valence-corrected chi connectivity index (χ1v) is 7.53. The predicted molar refractivity (Wildman–Crippen MR) is 80.0 cm³/mol. The normalized spacial score (nSPS) is 10.7. The highest BCUT2D eigenvalue weighted by molar-refractivity contribution is 7.09. The summed E-state index contributed by atoms with van der Waals surface area (Å²) in [5.74, 6) is 1.59.